The van der Waals surface area contributed by atoms with Crippen LogP contribution < -0.4 is 5.73 Å². The molecule has 0 atom stereocenters. The molecule has 0 aliphatic heterocycles. The van der Waals surface area contributed by atoms with Crippen LogP contribution in [0, 0.1) is 0 Å². The van der Waals surface area contributed by atoms with E-state index in [1.807, 2.05) is 0 Å². The lowest BCUT2D eigenvalue weighted by Crippen LogP contribution is -2.13. The first-order chi connectivity index (χ1) is 6.30. The van der Waals surface area contributed by atoms with Crippen LogP contribution >= 0.6 is 0 Å². The first-order valence-corrected chi connectivity index (χ1v) is 5.00. The zero-order chi connectivity index (χ0) is 11.2. The largest absolute Gasteiger partial charge is 0.364 e. The molecule has 1 heterocycles. The summed E-state index contributed by atoms with van der Waals surface area (Å²) in [5.74, 6) is -0.615. The third kappa shape index (κ3) is 8.49. The van der Waals surface area contributed by atoms with E-state index in [2.05, 4.69) is 15.2 Å². The second-order valence-corrected chi connectivity index (χ2v) is 3.56. The summed E-state index contributed by atoms with van der Waals surface area (Å²) in [6.45, 7) is 0. The zero-order valence-corrected chi connectivity index (χ0v) is 7.97. The summed E-state index contributed by atoms with van der Waals surface area (Å²) in [5, 5.41) is 6.74. The van der Waals surface area contributed by atoms with Crippen molar-refractivity contribution < 1.29 is 17.8 Å². The molecule has 0 saturated heterocycles. The minimum Gasteiger partial charge on any atom is -0.364 e. The van der Waals surface area contributed by atoms with Crippen molar-refractivity contribution in [1.82, 2.24) is 15.2 Å². The standard InChI is InChI=1S/C4H4N4O.CH4O3S/c5-4(9)3-1-6-2-7-8-3;1-5(2,3)4/h1-2H,(H2,5,9);1H3,(H,2,3,4). The van der Waals surface area contributed by atoms with Crippen LogP contribution in [0.4, 0.5) is 0 Å². The van der Waals surface area contributed by atoms with Gasteiger partial charge in [-0.15, -0.1) is 10.2 Å². The Morgan fingerprint density at radius 2 is 2.07 bits per heavy atom. The van der Waals surface area contributed by atoms with Crippen LogP contribution in [0.2, 0.25) is 0 Å². The highest BCUT2D eigenvalue weighted by atomic mass is 32.2. The molecule has 1 amide bonds. The SMILES string of the molecule is CS(=O)(=O)O.NC(=O)c1cncnn1. The summed E-state index contributed by atoms with van der Waals surface area (Å²) in [6, 6.07) is 0. The van der Waals surface area contributed by atoms with Gasteiger partial charge in [-0.2, -0.15) is 8.42 Å². The van der Waals surface area contributed by atoms with Crippen molar-refractivity contribution in [2.45, 2.75) is 0 Å². The fourth-order valence-electron chi connectivity index (χ4n) is 0.360. The maximum atomic E-state index is 10.3. The van der Waals surface area contributed by atoms with Crippen LogP contribution in [0.15, 0.2) is 12.5 Å². The average Bonchev–Trinajstić information content (AvgIpc) is 2.03. The number of carbonyl (C=O) groups is 1. The molecule has 78 valence electrons. The second-order valence-electron chi connectivity index (χ2n) is 2.09. The smallest absolute Gasteiger partial charge is 0.270 e. The van der Waals surface area contributed by atoms with Crippen molar-refractivity contribution in [2.24, 2.45) is 5.73 Å². The van der Waals surface area contributed by atoms with Crippen molar-refractivity contribution in [3.8, 4) is 0 Å². The molecule has 0 spiro atoms. The molecular weight excluding hydrogens is 212 g/mol. The van der Waals surface area contributed by atoms with Crippen LogP contribution in [0.5, 0.6) is 0 Å². The predicted molar refractivity (Wildman–Crippen MR) is 45.8 cm³/mol. The highest BCUT2D eigenvalue weighted by molar-refractivity contribution is 7.85. The highest BCUT2D eigenvalue weighted by Crippen LogP contribution is 1.82. The number of carbonyl (C=O) groups excluding carboxylic acids is 1. The van der Waals surface area contributed by atoms with Crippen molar-refractivity contribution >= 4 is 16.0 Å². The molecule has 0 saturated carbocycles. The van der Waals surface area contributed by atoms with E-state index in [-0.39, 0.29) is 5.69 Å². The van der Waals surface area contributed by atoms with Gasteiger partial charge in [0.15, 0.2) is 5.69 Å². The monoisotopic (exact) mass is 220 g/mol. The van der Waals surface area contributed by atoms with Gasteiger partial charge in [0.1, 0.15) is 6.33 Å². The minimum absolute atomic E-state index is 0.0810. The Kier molecular flexibility index (Phi) is 4.59. The molecule has 1 aromatic rings. The number of hydrogen-bond donors (Lipinski definition) is 2. The molecule has 1 aromatic heterocycles. The van der Waals surface area contributed by atoms with Crippen LogP contribution in [0.1, 0.15) is 10.5 Å². The van der Waals surface area contributed by atoms with Gasteiger partial charge >= 0.3 is 0 Å². The average molecular weight is 220 g/mol. The van der Waals surface area contributed by atoms with Gasteiger partial charge in [-0.1, -0.05) is 0 Å². The number of rotatable bonds is 1. The van der Waals surface area contributed by atoms with E-state index in [1.54, 1.807) is 0 Å². The first kappa shape index (κ1) is 12.4. The molecule has 9 heteroatoms. The van der Waals surface area contributed by atoms with Gasteiger partial charge in [0, 0.05) is 0 Å². The maximum Gasteiger partial charge on any atom is 0.270 e. The number of nitrogens with zero attached hydrogens (tertiary/aromatic N) is 3. The summed E-state index contributed by atoms with van der Waals surface area (Å²) in [6.07, 6.45) is 3.20. The van der Waals surface area contributed by atoms with Crippen LogP contribution in [-0.4, -0.2) is 40.3 Å². The lowest BCUT2D eigenvalue weighted by molar-refractivity contribution is 0.0994. The van der Waals surface area contributed by atoms with E-state index in [4.69, 9.17) is 10.3 Å². The summed E-state index contributed by atoms with van der Waals surface area (Å²) in [4.78, 5) is 13.8. The Hall–Kier alpha value is -1.61. The number of hydrogen-bond acceptors (Lipinski definition) is 6. The minimum atomic E-state index is -3.67. The predicted octanol–water partition coefficient (Wildman–Crippen LogP) is -1.53. The number of amides is 1. The topological polar surface area (TPSA) is 136 Å². The lowest BCUT2D eigenvalue weighted by Gasteiger charge is -1.86. The normalized spacial score (nSPS) is 9.86. The first-order valence-electron chi connectivity index (χ1n) is 3.15. The van der Waals surface area contributed by atoms with Crippen LogP contribution in [-0.2, 0) is 10.1 Å². The van der Waals surface area contributed by atoms with Crippen molar-refractivity contribution in [2.75, 3.05) is 6.26 Å². The van der Waals surface area contributed by atoms with E-state index in [0.717, 1.165) is 0 Å². The molecule has 0 aromatic carbocycles. The highest BCUT2D eigenvalue weighted by Gasteiger charge is 1.98. The molecule has 0 fully saturated rings. The van der Waals surface area contributed by atoms with E-state index in [1.165, 1.54) is 12.5 Å². The van der Waals surface area contributed by atoms with Gasteiger partial charge in [-0.3, -0.25) is 9.35 Å². The van der Waals surface area contributed by atoms with Crippen LogP contribution in [0.25, 0.3) is 0 Å². The second kappa shape index (κ2) is 5.19. The molecule has 3 N–H and O–H groups in total. The van der Waals surface area contributed by atoms with Gasteiger partial charge in [0.25, 0.3) is 16.0 Å². The Morgan fingerprint density at radius 1 is 1.57 bits per heavy atom. The summed E-state index contributed by atoms with van der Waals surface area (Å²) >= 11 is 0. The van der Waals surface area contributed by atoms with Crippen molar-refractivity contribution in [3.63, 3.8) is 0 Å². The van der Waals surface area contributed by atoms with E-state index in [9.17, 15) is 13.2 Å². The van der Waals surface area contributed by atoms with Gasteiger partial charge in [0.05, 0.1) is 12.5 Å². The molecule has 0 radical (unpaired) electrons. The summed E-state index contributed by atoms with van der Waals surface area (Å²) < 4.78 is 25.9. The molecular formula is C5H8N4O4S. The number of primary amides is 1. The Labute approximate surface area is 79.9 Å². The van der Waals surface area contributed by atoms with Gasteiger partial charge in [-0.25, -0.2) is 4.98 Å². The molecule has 0 aliphatic rings. The number of aromatic nitrogens is 3. The van der Waals surface area contributed by atoms with Crippen molar-refractivity contribution in [3.05, 3.63) is 18.2 Å². The van der Waals surface area contributed by atoms with Gasteiger partial charge in [0.2, 0.25) is 0 Å². The Balaban J connectivity index is 0.000000292. The Bertz CT molecular complexity index is 381. The van der Waals surface area contributed by atoms with Gasteiger partial charge in [-0.05, 0) is 0 Å². The van der Waals surface area contributed by atoms with E-state index >= 15 is 0 Å². The van der Waals surface area contributed by atoms with E-state index < -0.39 is 16.0 Å². The molecule has 0 aliphatic carbocycles. The lowest BCUT2D eigenvalue weighted by atomic mass is 10.5. The van der Waals surface area contributed by atoms with Crippen molar-refractivity contribution in [1.29, 1.82) is 0 Å². The molecule has 8 nitrogen and oxygen atoms in total. The molecule has 0 unspecified atom stereocenters. The fraction of sp³-hybridized carbons (Fsp3) is 0.200. The third-order valence-corrected chi connectivity index (χ3v) is 0.733. The number of nitrogens with two attached hydrogens (primary N) is 1. The van der Waals surface area contributed by atoms with E-state index in [0.29, 0.717) is 6.26 Å². The molecule has 0 bridgehead atoms. The quantitative estimate of drug-likeness (QED) is 0.548. The Morgan fingerprint density at radius 3 is 2.29 bits per heavy atom. The summed E-state index contributed by atoms with van der Waals surface area (Å²) in [7, 11) is -3.67. The van der Waals surface area contributed by atoms with Gasteiger partial charge < -0.3 is 5.73 Å². The molecule has 1 rings (SSSR count). The zero-order valence-electron chi connectivity index (χ0n) is 7.15. The maximum absolute atomic E-state index is 10.3. The molecule has 14 heavy (non-hydrogen) atoms. The summed E-state index contributed by atoms with van der Waals surface area (Å²) in [5.41, 5.74) is 4.91. The fourth-order valence-corrected chi connectivity index (χ4v) is 0.360. The third-order valence-electron chi connectivity index (χ3n) is 0.733. The van der Waals surface area contributed by atoms with Crippen LogP contribution in [0.3, 0.4) is 0 Å².